The highest BCUT2D eigenvalue weighted by Gasteiger charge is 2.13. The molecule has 0 fully saturated rings. The molecule has 110 valence electrons. The van der Waals surface area contributed by atoms with Gasteiger partial charge in [0.2, 0.25) is 0 Å². The lowest BCUT2D eigenvalue weighted by atomic mass is 10.1. The maximum absolute atomic E-state index is 12.3. The number of hydrogen-bond donors (Lipinski definition) is 2. The number of rotatable bonds is 5. The average Bonchev–Trinajstić information content (AvgIpc) is 2.48. The first-order chi connectivity index (χ1) is 10.1. The topological polar surface area (TPSA) is 54.0 Å². The summed E-state index contributed by atoms with van der Waals surface area (Å²) in [5, 5.41) is 6.06. The lowest BCUT2D eigenvalue weighted by Gasteiger charge is -2.14. The zero-order valence-corrected chi connectivity index (χ0v) is 13.6. The zero-order chi connectivity index (χ0) is 15.2. The maximum atomic E-state index is 12.3. The van der Waals surface area contributed by atoms with Crippen molar-refractivity contribution in [1.29, 1.82) is 0 Å². The van der Waals surface area contributed by atoms with E-state index < -0.39 is 0 Å². The Hall–Kier alpha value is -1.88. The quantitative estimate of drug-likeness (QED) is 0.865. The van der Waals surface area contributed by atoms with Crippen LogP contribution in [0.3, 0.4) is 0 Å². The minimum Gasteiger partial charge on any atom is -0.370 e. The van der Waals surface area contributed by atoms with E-state index in [1.807, 2.05) is 50.2 Å². The summed E-state index contributed by atoms with van der Waals surface area (Å²) in [6.07, 6.45) is 0. The number of carbonyl (C=O) groups excluding carboxylic acids is 1. The fourth-order valence-corrected chi connectivity index (χ4v) is 2.39. The molecule has 0 saturated heterocycles. The summed E-state index contributed by atoms with van der Waals surface area (Å²) in [6, 6.07) is 13.2. The predicted molar refractivity (Wildman–Crippen MR) is 88.4 cm³/mol. The van der Waals surface area contributed by atoms with Crippen molar-refractivity contribution >= 4 is 27.7 Å². The summed E-state index contributed by atoms with van der Waals surface area (Å²) in [5.41, 5.74) is 1.45. The molecule has 1 amide bonds. The van der Waals surface area contributed by atoms with Gasteiger partial charge in [-0.05, 0) is 43.7 Å². The van der Waals surface area contributed by atoms with Crippen LogP contribution in [0.4, 0.5) is 5.82 Å². The first-order valence-electron chi connectivity index (χ1n) is 6.87. The van der Waals surface area contributed by atoms with E-state index in [0.717, 1.165) is 16.6 Å². The molecule has 2 rings (SSSR count). The van der Waals surface area contributed by atoms with Gasteiger partial charge in [0, 0.05) is 11.0 Å². The van der Waals surface area contributed by atoms with Crippen molar-refractivity contribution in [2.45, 2.75) is 19.9 Å². The van der Waals surface area contributed by atoms with E-state index in [1.54, 1.807) is 6.07 Å². The van der Waals surface area contributed by atoms with Crippen molar-refractivity contribution in [2.75, 3.05) is 11.9 Å². The number of nitrogens with one attached hydrogen (secondary N) is 2. The van der Waals surface area contributed by atoms with E-state index in [1.165, 1.54) is 0 Å². The number of hydrogen-bond acceptors (Lipinski definition) is 3. The van der Waals surface area contributed by atoms with Crippen LogP contribution in [-0.2, 0) is 0 Å². The molecule has 0 bridgehead atoms. The van der Waals surface area contributed by atoms with Crippen molar-refractivity contribution < 1.29 is 4.79 Å². The van der Waals surface area contributed by atoms with Crippen molar-refractivity contribution in [1.82, 2.24) is 10.3 Å². The third kappa shape index (κ3) is 4.29. The van der Waals surface area contributed by atoms with Gasteiger partial charge in [-0.15, -0.1) is 0 Å². The van der Waals surface area contributed by atoms with E-state index in [2.05, 4.69) is 31.5 Å². The van der Waals surface area contributed by atoms with Gasteiger partial charge < -0.3 is 10.6 Å². The Labute approximate surface area is 133 Å². The van der Waals surface area contributed by atoms with E-state index >= 15 is 0 Å². The molecule has 1 heterocycles. The molecule has 2 N–H and O–H groups in total. The van der Waals surface area contributed by atoms with Crippen LogP contribution < -0.4 is 10.6 Å². The molecule has 0 saturated carbocycles. The van der Waals surface area contributed by atoms with Crippen molar-refractivity contribution in [2.24, 2.45) is 0 Å². The van der Waals surface area contributed by atoms with Crippen molar-refractivity contribution in [3.05, 3.63) is 58.2 Å². The van der Waals surface area contributed by atoms with Gasteiger partial charge in [-0.3, -0.25) is 4.79 Å². The van der Waals surface area contributed by atoms with Gasteiger partial charge in [-0.25, -0.2) is 4.98 Å². The summed E-state index contributed by atoms with van der Waals surface area (Å²) in [5.74, 6) is 0.530. The molecule has 0 aliphatic heterocycles. The van der Waals surface area contributed by atoms with E-state index in [-0.39, 0.29) is 11.9 Å². The largest absolute Gasteiger partial charge is 0.370 e. The second-order valence-corrected chi connectivity index (χ2v) is 5.60. The molecular formula is C16H18BrN3O. The summed E-state index contributed by atoms with van der Waals surface area (Å²) in [7, 11) is 0. The Bertz CT molecular complexity index is 630. The zero-order valence-electron chi connectivity index (χ0n) is 12.1. The predicted octanol–water partition coefficient (Wildman–Crippen LogP) is 3.77. The van der Waals surface area contributed by atoms with Crippen LogP contribution in [0.1, 0.15) is 35.9 Å². The lowest BCUT2D eigenvalue weighted by Crippen LogP contribution is -2.27. The molecule has 21 heavy (non-hydrogen) atoms. The summed E-state index contributed by atoms with van der Waals surface area (Å²) in [6.45, 7) is 4.71. The normalized spacial score (nSPS) is 11.8. The summed E-state index contributed by atoms with van der Waals surface area (Å²) in [4.78, 5) is 16.6. The molecule has 4 nitrogen and oxygen atoms in total. The van der Waals surface area contributed by atoms with Gasteiger partial charge in [0.15, 0.2) is 0 Å². The van der Waals surface area contributed by atoms with E-state index in [0.29, 0.717) is 11.5 Å². The van der Waals surface area contributed by atoms with Crippen LogP contribution in [0.15, 0.2) is 46.9 Å². The Morgan fingerprint density at radius 1 is 1.29 bits per heavy atom. The number of carbonyl (C=O) groups is 1. The monoisotopic (exact) mass is 347 g/mol. The number of amides is 1. The van der Waals surface area contributed by atoms with Gasteiger partial charge in [0.05, 0.1) is 6.04 Å². The smallest absolute Gasteiger partial charge is 0.270 e. The van der Waals surface area contributed by atoms with Crippen LogP contribution in [-0.4, -0.2) is 17.4 Å². The number of anilines is 1. The number of aromatic nitrogens is 1. The molecule has 0 aliphatic rings. The first kappa shape index (κ1) is 15.5. The molecule has 1 unspecified atom stereocenters. The lowest BCUT2D eigenvalue weighted by molar-refractivity contribution is 0.0935. The van der Waals surface area contributed by atoms with Crippen LogP contribution in [0.5, 0.6) is 0 Å². The third-order valence-corrected chi connectivity index (χ3v) is 3.53. The van der Waals surface area contributed by atoms with Gasteiger partial charge in [-0.2, -0.15) is 0 Å². The minimum atomic E-state index is -0.178. The Morgan fingerprint density at radius 3 is 2.76 bits per heavy atom. The van der Waals surface area contributed by atoms with Crippen LogP contribution in [0, 0.1) is 0 Å². The summed E-state index contributed by atoms with van der Waals surface area (Å²) < 4.78 is 0.994. The van der Waals surface area contributed by atoms with Gasteiger partial charge in [-0.1, -0.05) is 34.1 Å². The first-order valence-corrected chi connectivity index (χ1v) is 7.66. The number of pyridine rings is 1. The fraction of sp³-hybridized carbons (Fsp3) is 0.250. The molecule has 5 heteroatoms. The Kier molecular flexibility index (Phi) is 5.33. The number of nitrogens with zero attached hydrogens (tertiary/aromatic N) is 1. The fourth-order valence-electron chi connectivity index (χ4n) is 1.97. The molecular weight excluding hydrogens is 330 g/mol. The van der Waals surface area contributed by atoms with Crippen LogP contribution >= 0.6 is 15.9 Å². The third-order valence-electron chi connectivity index (χ3n) is 3.04. The second kappa shape index (κ2) is 7.22. The molecule has 0 radical (unpaired) electrons. The molecule has 1 atom stereocenters. The molecule has 0 spiro atoms. The van der Waals surface area contributed by atoms with E-state index in [4.69, 9.17) is 0 Å². The minimum absolute atomic E-state index is 0.0837. The molecule has 1 aromatic heterocycles. The molecule has 0 aliphatic carbocycles. The van der Waals surface area contributed by atoms with E-state index in [9.17, 15) is 4.79 Å². The van der Waals surface area contributed by atoms with Gasteiger partial charge in [0.1, 0.15) is 11.5 Å². The highest BCUT2D eigenvalue weighted by molar-refractivity contribution is 9.10. The standard InChI is InChI=1S/C16H18BrN3O/c1-3-18-15-9-5-8-14(20-15)16(21)19-11(2)12-6-4-7-13(17)10-12/h4-11H,3H2,1-2H3,(H,18,20)(H,19,21). The molecule has 1 aromatic carbocycles. The van der Waals surface area contributed by atoms with Crippen molar-refractivity contribution in [3.8, 4) is 0 Å². The van der Waals surface area contributed by atoms with Crippen LogP contribution in [0.2, 0.25) is 0 Å². The Morgan fingerprint density at radius 2 is 2.05 bits per heavy atom. The van der Waals surface area contributed by atoms with Crippen molar-refractivity contribution in [3.63, 3.8) is 0 Å². The number of halogens is 1. The SMILES string of the molecule is CCNc1cccc(C(=O)NC(C)c2cccc(Br)c2)n1. The highest BCUT2D eigenvalue weighted by atomic mass is 79.9. The number of benzene rings is 1. The van der Waals surface area contributed by atoms with Gasteiger partial charge >= 0.3 is 0 Å². The Balaban J connectivity index is 2.08. The maximum Gasteiger partial charge on any atom is 0.270 e. The van der Waals surface area contributed by atoms with Crippen LogP contribution in [0.25, 0.3) is 0 Å². The highest BCUT2D eigenvalue weighted by Crippen LogP contribution is 2.18. The molecule has 2 aromatic rings. The average molecular weight is 348 g/mol. The second-order valence-electron chi connectivity index (χ2n) is 4.69. The summed E-state index contributed by atoms with van der Waals surface area (Å²) >= 11 is 3.44. The van der Waals surface area contributed by atoms with Gasteiger partial charge in [0.25, 0.3) is 5.91 Å².